The first kappa shape index (κ1) is 19.3. The lowest BCUT2D eigenvalue weighted by molar-refractivity contribution is -0.117. The van der Waals surface area contributed by atoms with E-state index in [1.54, 1.807) is 30.3 Å². The smallest absolute Gasteiger partial charge is 0.255 e. The average Bonchev–Trinajstić information content (AvgIpc) is 2.84. The maximum Gasteiger partial charge on any atom is 0.255 e. The zero-order chi connectivity index (χ0) is 20.5. The first-order valence-corrected chi connectivity index (χ1v) is 9.63. The Morgan fingerprint density at radius 2 is 1.76 bits per heavy atom. The van der Waals surface area contributed by atoms with Crippen molar-refractivity contribution in [1.82, 2.24) is 4.90 Å². The van der Waals surface area contributed by atoms with E-state index < -0.39 is 23.6 Å². The molecule has 0 bridgehead atoms. The Balaban J connectivity index is 1.90. The average molecular weight is 457 g/mol. The highest BCUT2D eigenvalue weighted by atomic mass is 79.9. The van der Waals surface area contributed by atoms with Gasteiger partial charge in [-0.1, -0.05) is 34.1 Å². The van der Waals surface area contributed by atoms with Crippen LogP contribution in [0.4, 0.5) is 14.5 Å². The highest BCUT2D eigenvalue weighted by molar-refractivity contribution is 9.10. The van der Waals surface area contributed by atoms with E-state index in [9.17, 15) is 18.4 Å². The maximum absolute atomic E-state index is 13.7. The minimum Gasteiger partial charge on any atom is -0.324 e. The molecule has 1 atom stereocenters. The van der Waals surface area contributed by atoms with Crippen LogP contribution < -0.4 is 5.32 Å². The topological polar surface area (TPSA) is 49.4 Å². The van der Waals surface area contributed by atoms with Gasteiger partial charge in [0.1, 0.15) is 18.2 Å². The largest absolute Gasteiger partial charge is 0.324 e. The summed E-state index contributed by atoms with van der Waals surface area (Å²) in [5.41, 5.74) is 1.99. The number of anilines is 1. The Hall–Kier alpha value is -3.06. The van der Waals surface area contributed by atoms with E-state index in [2.05, 4.69) is 21.2 Å². The molecule has 7 heteroatoms. The molecule has 1 heterocycles. The standard InChI is InChI=1S/C22H15BrF2N2O2/c23-15-6-9-19-18(11-15)21(13-4-7-16(24)8-5-13)27(12-20(28)26-19)22(29)14-2-1-3-17(25)10-14/h1-11,21H,12H2,(H,26,28)/t21-/m1/s1. The summed E-state index contributed by atoms with van der Waals surface area (Å²) >= 11 is 3.43. The molecule has 0 saturated carbocycles. The third-order valence-electron chi connectivity index (χ3n) is 4.73. The second-order valence-electron chi connectivity index (χ2n) is 6.68. The fraction of sp³-hybridized carbons (Fsp3) is 0.0909. The van der Waals surface area contributed by atoms with Crippen LogP contribution in [0.3, 0.4) is 0 Å². The van der Waals surface area contributed by atoms with Gasteiger partial charge in [0.25, 0.3) is 5.91 Å². The van der Waals surface area contributed by atoms with E-state index in [0.29, 0.717) is 16.8 Å². The first-order chi connectivity index (χ1) is 13.9. The molecule has 3 aromatic carbocycles. The van der Waals surface area contributed by atoms with Crippen LogP contribution >= 0.6 is 15.9 Å². The van der Waals surface area contributed by atoms with E-state index in [1.165, 1.54) is 35.2 Å². The fourth-order valence-corrected chi connectivity index (χ4v) is 3.84. The Bertz CT molecular complexity index is 1100. The minimum atomic E-state index is -0.669. The number of nitrogens with one attached hydrogen (secondary N) is 1. The number of rotatable bonds is 2. The second kappa shape index (κ2) is 7.75. The van der Waals surface area contributed by atoms with Crippen molar-refractivity contribution in [1.29, 1.82) is 0 Å². The van der Waals surface area contributed by atoms with Crippen molar-refractivity contribution >= 4 is 33.4 Å². The molecule has 1 aliphatic rings. The van der Waals surface area contributed by atoms with Crippen molar-refractivity contribution in [3.05, 3.63) is 99.5 Å². The number of nitrogens with zero attached hydrogens (tertiary/aromatic N) is 1. The normalized spacial score (nSPS) is 16.0. The summed E-state index contributed by atoms with van der Waals surface area (Å²) in [6.45, 7) is -0.232. The molecule has 0 fully saturated rings. The summed E-state index contributed by atoms with van der Waals surface area (Å²) in [6, 6.07) is 15.7. The number of hydrogen-bond donors (Lipinski definition) is 1. The van der Waals surface area contributed by atoms with Crippen molar-refractivity contribution in [2.45, 2.75) is 6.04 Å². The molecule has 29 heavy (non-hydrogen) atoms. The molecule has 2 amide bonds. The molecular weight excluding hydrogens is 442 g/mol. The number of hydrogen-bond acceptors (Lipinski definition) is 2. The van der Waals surface area contributed by atoms with Crippen molar-refractivity contribution in [2.75, 3.05) is 11.9 Å². The molecule has 0 radical (unpaired) electrons. The second-order valence-corrected chi connectivity index (χ2v) is 7.59. The SMILES string of the molecule is O=C1CN(C(=O)c2cccc(F)c2)[C@H](c2ccc(F)cc2)c2cc(Br)ccc2N1. The molecule has 146 valence electrons. The van der Waals surface area contributed by atoms with Gasteiger partial charge in [-0.15, -0.1) is 0 Å². The third-order valence-corrected chi connectivity index (χ3v) is 5.22. The Labute approximate surface area is 174 Å². The summed E-state index contributed by atoms with van der Waals surface area (Å²) in [5, 5.41) is 2.81. The van der Waals surface area contributed by atoms with Crippen LogP contribution in [-0.2, 0) is 4.79 Å². The van der Waals surface area contributed by atoms with Gasteiger partial charge >= 0.3 is 0 Å². The Morgan fingerprint density at radius 3 is 2.48 bits per heavy atom. The van der Waals surface area contributed by atoms with Crippen LogP contribution in [0.25, 0.3) is 0 Å². The Kier molecular flexibility index (Phi) is 5.15. The number of halogens is 3. The van der Waals surface area contributed by atoms with Gasteiger partial charge in [-0.3, -0.25) is 9.59 Å². The summed E-state index contributed by atoms with van der Waals surface area (Å²) in [5.74, 6) is -1.82. The zero-order valence-corrected chi connectivity index (χ0v) is 16.6. The molecule has 0 aromatic heterocycles. The molecule has 4 rings (SSSR count). The molecule has 1 N–H and O–H groups in total. The number of amides is 2. The van der Waals surface area contributed by atoms with Crippen LogP contribution in [0.5, 0.6) is 0 Å². The molecule has 0 aliphatic carbocycles. The molecule has 4 nitrogen and oxygen atoms in total. The monoisotopic (exact) mass is 456 g/mol. The lowest BCUT2D eigenvalue weighted by Crippen LogP contribution is -2.39. The van der Waals surface area contributed by atoms with Gasteiger partial charge in [-0.05, 0) is 54.1 Å². The summed E-state index contributed by atoms with van der Waals surface area (Å²) in [6.07, 6.45) is 0. The highest BCUT2D eigenvalue weighted by Gasteiger charge is 2.34. The van der Waals surface area contributed by atoms with Crippen molar-refractivity contribution < 1.29 is 18.4 Å². The minimum absolute atomic E-state index is 0.128. The van der Waals surface area contributed by atoms with Crippen molar-refractivity contribution in [3.8, 4) is 0 Å². The van der Waals surface area contributed by atoms with Crippen LogP contribution in [0.2, 0.25) is 0 Å². The van der Waals surface area contributed by atoms with Crippen LogP contribution in [0, 0.1) is 11.6 Å². The van der Waals surface area contributed by atoms with Crippen molar-refractivity contribution in [2.24, 2.45) is 0 Å². The van der Waals surface area contributed by atoms with E-state index in [-0.39, 0.29) is 18.0 Å². The zero-order valence-electron chi connectivity index (χ0n) is 15.0. The summed E-state index contributed by atoms with van der Waals surface area (Å²) in [4.78, 5) is 27.2. The van der Waals surface area contributed by atoms with Crippen LogP contribution in [0.1, 0.15) is 27.5 Å². The van der Waals surface area contributed by atoms with E-state index >= 15 is 0 Å². The predicted molar refractivity (Wildman–Crippen MR) is 108 cm³/mol. The van der Waals surface area contributed by atoms with E-state index in [4.69, 9.17) is 0 Å². The number of fused-ring (bicyclic) bond motifs is 1. The number of carbonyl (C=O) groups is 2. The third kappa shape index (κ3) is 3.91. The molecule has 3 aromatic rings. The fourth-order valence-electron chi connectivity index (χ4n) is 3.46. The summed E-state index contributed by atoms with van der Waals surface area (Å²) < 4.78 is 28.0. The quantitative estimate of drug-likeness (QED) is 0.595. The van der Waals surface area contributed by atoms with E-state index in [0.717, 1.165) is 10.5 Å². The van der Waals surface area contributed by atoms with Crippen molar-refractivity contribution in [3.63, 3.8) is 0 Å². The van der Waals surface area contributed by atoms with Crippen LogP contribution in [-0.4, -0.2) is 23.3 Å². The highest BCUT2D eigenvalue weighted by Crippen LogP contribution is 2.38. The van der Waals surface area contributed by atoms with Crippen LogP contribution in [0.15, 0.2) is 71.2 Å². The van der Waals surface area contributed by atoms with Gasteiger partial charge in [-0.25, -0.2) is 8.78 Å². The number of carbonyl (C=O) groups excluding carboxylic acids is 2. The van der Waals surface area contributed by atoms with Gasteiger partial charge < -0.3 is 10.2 Å². The van der Waals surface area contributed by atoms with Gasteiger partial charge in [0.05, 0.1) is 6.04 Å². The van der Waals surface area contributed by atoms with Gasteiger partial charge in [0, 0.05) is 21.3 Å². The van der Waals surface area contributed by atoms with Gasteiger partial charge in [-0.2, -0.15) is 0 Å². The van der Waals surface area contributed by atoms with E-state index in [1.807, 2.05) is 0 Å². The maximum atomic E-state index is 13.7. The lowest BCUT2D eigenvalue weighted by atomic mass is 9.95. The number of benzene rings is 3. The van der Waals surface area contributed by atoms with Gasteiger partial charge in [0.15, 0.2) is 0 Å². The molecule has 0 spiro atoms. The molecular formula is C22H15BrF2N2O2. The van der Waals surface area contributed by atoms with Gasteiger partial charge in [0.2, 0.25) is 5.91 Å². The lowest BCUT2D eigenvalue weighted by Gasteiger charge is -2.30. The molecule has 0 unspecified atom stereocenters. The molecule has 1 aliphatic heterocycles. The molecule has 0 saturated heterocycles. The summed E-state index contributed by atoms with van der Waals surface area (Å²) in [7, 11) is 0. The first-order valence-electron chi connectivity index (χ1n) is 8.83. The Morgan fingerprint density at radius 1 is 1.00 bits per heavy atom. The predicted octanol–water partition coefficient (Wildman–Crippen LogP) is 4.91.